The molecule has 3 N–H and O–H groups in total. The van der Waals surface area contributed by atoms with Crippen molar-refractivity contribution in [1.29, 1.82) is 0 Å². The van der Waals surface area contributed by atoms with Gasteiger partial charge in [-0.25, -0.2) is 0 Å². The van der Waals surface area contributed by atoms with Crippen LogP contribution in [0.1, 0.15) is 28.0 Å². The van der Waals surface area contributed by atoms with Crippen LogP contribution in [0.25, 0.3) is 0 Å². The molecule has 0 bridgehead atoms. The Labute approximate surface area is 116 Å². The van der Waals surface area contributed by atoms with E-state index in [1.165, 1.54) is 16.9 Å². The SMILES string of the molecule is Cc1ccc(C(CN)C(O)c2ccc(Cl)s2)cc1. The summed E-state index contributed by atoms with van der Waals surface area (Å²) in [5, 5.41) is 10.4. The van der Waals surface area contributed by atoms with Crippen molar-refractivity contribution in [3.8, 4) is 0 Å². The van der Waals surface area contributed by atoms with Gasteiger partial charge in [-0.05, 0) is 24.6 Å². The van der Waals surface area contributed by atoms with Crippen molar-refractivity contribution in [2.75, 3.05) is 6.54 Å². The Balaban J connectivity index is 2.25. The van der Waals surface area contributed by atoms with Crippen LogP contribution in [0.5, 0.6) is 0 Å². The first-order chi connectivity index (χ1) is 8.61. The van der Waals surface area contributed by atoms with E-state index >= 15 is 0 Å². The summed E-state index contributed by atoms with van der Waals surface area (Å²) in [6, 6.07) is 11.8. The highest BCUT2D eigenvalue weighted by Crippen LogP contribution is 2.35. The van der Waals surface area contributed by atoms with Gasteiger partial charge in [0.15, 0.2) is 0 Å². The molecule has 2 rings (SSSR count). The third-order valence-corrected chi connectivity index (χ3v) is 4.33. The number of benzene rings is 1. The van der Waals surface area contributed by atoms with Crippen molar-refractivity contribution in [3.05, 3.63) is 56.7 Å². The summed E-state index contributed by atoms with van der Waals surface area (Å²) in [6.07, 6.45) is -0.602. The Bertz CT molecular complexity index is 509. The van der Waals surface area contributed by atoms with Gasteiger partial charge in [0.2, 0.25) is 0 Å². The molecule has 1 heterocycles. The van der Waals surface area contributed by atoms with Crippen LogP contribution >= 0.6 is 22.9 Å². The van der Waals surface area contributed by atoms with E-state index < -0.39 is 6.10 Å². The monoisotopic (exact) mass is 281 g/mol. The summed E-state index contributed by atoms with van der Waals surface area (Å²) in [5.41, 5.74) is 8.05. The predicted octanol–water partition coefficient (Wildman–Crippen LogP) is 3.49. The zero-order valence-corrected chi connectivity index (χ0v) is 11.7. The molecule has 1 aromatic heterocycles. The summed E-state index contributed by atoms with van der Waals surface area (Å²) in [5.74, 6) is -0.0969. The summed E-state index contributed by atoms with van der Waals surface area (Å²) >= 11 is 7.29. The van der Waals surface area contributed by atoms with E-state index in [9.17, 15) is 5.11 Å². The Morgan fingerprint density at radius 2 is 1.89 bits per heavy atom. The van der Waals surface area contributed by atoms with Crippen molar-refractivity contribution in [2.45, 2.75) is 18.9 Å². The third-order valence-electron chi connectivity index (χ3n) is 3.03. The van der Waals surface area contributed by atoms with E-state index in [0.29, 0.717) is 10.9 Å². The maximum absolute atomic E-state index is 10.4. The fourth-order valence-electron chi connectivity index (χ4n) is 1.95. The Kier molecular flexibility index (Phi) is 4.40. The van der Waals surface area contributed by atoms with Crippen LogP contribution in [0.15, 0.2) is 36.4 Å². The molecule has 96 valence electrons. The van der Waals surface area contributed by atoms with E-state index in [2.05, 4.69) is 0 Å². The lowest BCUT2D eigenvalue weighted by molar-refractivity contribution is 0.151. The number of thiophene rings is 1. The number of aliphatic hydroxyl groups is 1. The minimum absolute atomic E-state index is 0.0969. The van der Waals surface area contributed by atoms with Gasteiger partial charge in [-0.2, -0.15) is 0 Å². The van der Waals surface area contributed by atoms with Crippen LogP contribution in [-0.2, 0) is 0 Å². The molecule has 2 aromatic rings. The van der Waals surface area contributed by atoms with E-state index in [1.54, 1.807) is 6.07 Å². The Morgan fingerprint density at radius 3 is 2.39 bits per heavy atom. The topological polar surface area (TPSA) is 46.2 Å². The van der Waals surface area contributed by atoms with Crippen molar-refractivity contribution >= 4 is 22.9 Å². The Hall–Kier alpha value is -0.870. The van der Waals surface area contributed by atoms with Crippen LogP contribution in [0, 0.1) is 6.92 Å². The summed E-state index contributed by atoms with van der Waals surface area (Å²) < 4.78 is 0.684. The molecule has 2 nitrogen and oxygen atoms in total. The van der Waals surface area contributed by atoms with Crippen LogP contribution in [0.4, 0.5) is 0 Å². The maximum Gasteiger partial charge on any atom is 0.0962 e. The molecule has 2 unspecified atom stereocenters. The first-order valence-corrected chi connectivity index (χ1v) is 7.01. The predicted molar refractivity (Wildman–Crippen MR) is 77.3 cm³/mol. The fraction of sp³-hybridized carbons (Fsp3) is 0.286. The van der Waals surface area contributed by atoms with Gasteiger partial charge in [-0.15, -0.1) is 11.3 Å². The van der Waals surface area contributed by atoms with Gasteiger partial charge in [-0.1, -0.05) is 41.4 Å². The lowest BCUT2D eigenvalue weighted by atomic mass is 9.92. The van der Waals surface area contributed by atoms with Gasteiger partial charge < -0.3 is 10.8 Å². The summed E-state index contributed by atoms with van der Waals surface area (Å²) in [7, 11) is 0. The molecule has 2 atom stereocenters. The largest absolute Gasteiger partial charge is 0.387 e. The summed E-state index contributed by atoms with van der Waals surface area (Å²) in [4.78, 5) is 0.857. The second-order valence-electron chi connectivity index (χ2n) is 4.34. The summed E-state index contributed by atoms with van der Waals surface area (Å²) in [6.45, 7) is 2.44. The minimum atomic E-state index is -0.602. The number of hydrogen-bond donors (Lipinski definition) is 2. The second kappa shape index (κ2) is 5.85. The van der Waals surface area contributed by atoms with Crippen molar-refractivity contribution < 1.29 is 5.11 Å². The van der Waals surface area contributed by atoms with Gasteiger partial charge in [0.1, 0.15) is 0 Å². The van der Waals surface area contributed by atoms with E-state index in [0.717, 1.165) is 10.4 Å². The molecule has 0 aliphatic heterocycles. The zero-order chi connectivity index (χ0) is 13.1. The zero-order valence-electron chi connectivity index (χ0n) is 10.1. The fourth-order valence-corrected chi connectivity index (χ4v) is 3.06. The van der Waals surface area contributed by atoms with Gasteiger partial charge in [0, 0.05) is 17.3 Å². The van der Waals surface area contributed by atoms with E-state index in [4.69, 9.17) is 17.3 Å². The van der Waals surface area contributed by atoms with Crippen LogP contribution < -0.4 is 5.73 Å². The normalized spacial score (nSPS) is 14.4. The van der Waals surface area contributed by atoms with Crippen molar-refractivity contribution in [2.24, 2.45) is 5.73 Å². The quantitative estimate of drug-likeness (QED) is 0.901. The lowest BCUT2D eigenvalue weighted by Crippen LogP contribution is -2.19. The Morgan fingerprint density at radius 1 is 1.22 bits per heavy atom. The third kappa shape index (κ3) is 2.93. The minimum Gasteiger partial charge on any atom is -0.387 e. The van der Waals surface area contributed by atoms with Crippen LogP contribution in [0.2, 0.25) is 4.34 Å². The molecule has 0 aliphatic rings. The molecule has 0 amide bonds. The lowest BCUT2D eigenvalue weighted by Gasteiger charge is -2.21. The number of aryl methyl sites for hydroxylation is 1. The van der Waals surface area contributed by atoms with Crippen LogP contribution in [-0.4, -0.2) is 11.7 Å². The molecular formula is C14H16ClNOS. The maximum atomic E-state index is 10.4. The molecular weight excluding hydrogens is 266 g/mol. The first-order valence-electron chi connectivity index (χ1n) is 5.81. The molecule has 0 spiro atoms. The van der Waals surface area contributed by atoms with Crippen molar-refractivity contribution in [1.82, 2.24) is 0 Å². The molecule has 0 fully saturated rings. The number of aliphatic hydroxyl groups excluding tert-OH is 1. The molecule has 0 radical (unpaired) electrons. The van der Waals surface area contributed by atoms with E-state index in [1.807, 2.05) is 37.3 Å². The van der Waals surface area contributed by atoms with Gasteiger partial charge in [0.25, 0.3) is 0 Å². The number of rotatable bonds is 4. The molecule has 0 saturated heterocycles. The van der Waals surface area contributed by atoms with Crippen molar-refractivity contribution in [3.63, 3.8) is 0 Å². The molecule has 18 heavy (non-hydrogen) atoms. The van der Waals surface area contributed by atoms with Gasteiger partial charge >= 0.3 is 0 Å². The molecule has 4 heteroatoms. The second-order valence-corrected chi connectivity index (χ2v) is 6.09. The highest BCUT2D eigenvalue weighted by Gasteiger charge is 2.22. The first kappa shape index (κ1) is 13.6. The number of nitrogens with two attached hydrogens (primary N) is 1. The average Bonchev–Trinajstić information content (AvgIpc) is 2.79. The van der Waals surface area contributed by atoms with Crippen LogP contribution in [0.3, 0.4) is 0 Å². The molecule has 0 saturated carbocycles. The average molecular weight is 282 g/mol. The molecule has 1 aromatic carbocycles. The standard InChI is InChI=1S/C14H16ClNOS/c1-9-2-4-10(5-3-9)11(8-16)14(17)12-6-7-13(15)18-12/h2-7,11,14,17H,8,16H2,1H3. The van der Waals surface area contributed by atoms with E-state index in [-0.39, 0.29) is 5.92 Å². The highest BCUT2D eigenvalue weighted by molar-refractivity contribution is 7.16. The number of hydrogen-bond acceptors (Lipinski definition) is 3. The smallest absolute Gasteiger partial charge is 0.0962 e. The highest BCUT2D eigenvalue weighted by atomic mass is 35.5. The molecule has 0 aliphatic carbocycles. The van der Waals surface area contributed by atoms with Gasteiger partial charge in [0.05, 0.1) is 10.4 Å². The number of halogens is 1. The van der Waals surface area contributed by atoms with Gasteiger partial charge in [-0.3, -0.25) is 0 Å².